The van der Waals surface area contributed by atoms with Crippen LogP contribution in [0.1, 0.15) is 34.1 Å². The smallest absolute Gasteiger partial charge is 0.0601 e. The Labute approximate surface area is 95.4 Å². The van der Waals surface area contributed by atoms with Gasteiger partial charge >= 0.3 is 0 Å². The molecule has 0 heterocycles. The molecule has 0 saturated carbocycles. The minimum absolute atomic E-state index is 0.553. The van der Waals surface area contributed by atoms with E-state index in [9.17, 15) is 0 Å². The maximum Gasteiger partial charge on any atom is 0.0601 e. The first kappa shape index (κ1) is 14.5. The van der Waals surface area contributed by atoms with Crippen molar-refractivity contribution < 1.29 is 0 Å². The van der Waals surface area contributed by atoms with Crippen molar-refractivity contribution in [3.05, 3.63) is 0 Å². The second kappa shape index (κ2) is 8.76. The summed E-state index contributed by atoms with van der Waals surface area (Å²) in [7, 11) is 0. The molecular weight excluding hydrogens is 184 g/mol. The van der Waals surface area contributed by atoms with Crippen LogP contribution >= 0.6 is 0 Å². The van der Waals surface area contributed by atoms with Crippen LogP contribution < -0.4 is 5.32 Å². The van der Waals surface area contributed by atoms with E-state index in [4.69, 9.17) is 6.42 Å². The van der Waals surface area contributed by atoms with Gasteiger partial charge in [-0.2, -0.15) is 0 Å². The van der Waals surface area contributed by atoms with Gasteiger partial charge in [0.2, 0.25) is 0 Å². The number of likely N-dealkylation sites (N-methyl/N-ethyl adjacent to an activating group) is 1. The van der Waals surface area contributed by atoms with E-state index >= 15 is 0 Å². The lowest BCUT2D eigenvalue weighted by atomic mass is 10.0. The molecule has 2 nitrogen and oxygen atoms in total. The molecule has 1 atom stereocenters. The van der Waals surface area contributed by atoms with Crippen molar-refractivity contribution in [2.45, 2.75) is 40.2 Å². The number of rotatable bonds is 8. The van der Waals surface area contributed by atoms with Gasteiger partial charge in [0.05, 0.1) is 6.54 Å². The zero-order valence-corrected chi connectivity index (χ0v) is 10.7. The van der Waals surface area contributed by atoms with E-state index in [0.29, 0.717) is 12.0 Å². The molecule has 0 aliphatic carbocycles. The normalized spacial score (nSPS) is 13.1. The van der Waals surface area contributed by atoms with Gasteiger partial charge in [0.15, 0.2) is 0 Å². The molecule has 0 rings (SSSR count). The topological polar surface area (TPSA) is 15.3 Å². The first-order valence-electron chi connectivity index (χ1n) is 6.05. The monoisotopic (exact) mass is 210 g/mol. The average molecular weight is 210 g/mol. The van der Waals surface area contributed by atoms with Crippen molar-refractivity contribution >= 4 is 0 Å². The first-order chi connectivity index (χ1) is 7.17. The van der Waals surface area contributed by atoms with Crippen LogP contribution in [0, 0.1) is 18.3 Å². The number of nitrogens with one attached hydrogen (secondary N) is 1. The maximum absolute atomic E-state index is 5.39. The Morgan fingerprint density at radius 3 is 2.40 bits per heavy atom. The molecule has 0 aromatic carbocycles. The first-order valence-corrected chi connectivity index (χ1v) is 6.05. The summed E-state index contributed by atoms with van der Waals surface area (Å²) in [4.78, 5) is 2.37. The summed E-state index contributed by atoms with van der Waals surface area (Å²) in [6, 6.07) is 0.553. The van der Waals surface area contributed by atoms with Gasteiger partial charge in [-0.1, -0.05) is 33.6 Å². The van der Waals surface area contributed by atoms with E-state index < -0.39 is 0 Å². The molecule has 1 unspecified atom stereocenters. The minimum atomic E-state index is 0.553. The molecule has 0 aliphatic heterocycles. The van der Waals surface area contributed by atoms with Crippen LogP contribution in [0.15, 0.2) is 0 Å². The fraction of sp³-hybridized carbons (Fsp3) is 0.846. The predicted octanol–water partition coefficient (Wildman–Crippen LogP) is 1.97. The van der Waals surface area contributed by atoms with Crippen molar-refractivity contribution in [3.63, 3.8) is 0 Å². The Kier molecular flexibility index (Phi) is 8.46. The molecule has 15 heavy (non-hydrogen) atoms. The van der Waals surface area contributed by atoms with Crippen LogP contribution in [0.4, 0.5) is 0 Å². The van der Waals surface area contributed by atoms with Crippen LogP contribution in [0.5, 0.6) is 0 Å². The van der Waals surface area contributed by atoms with Crippen LogP contribution in [0.25, 0.3) is 0 Å². The van der Waals surface area contributed by atoms with Gasteiger partial charge in [-0.3, -0.25) is 4.90 Å². The highest BCUT2D eigenvalue weighted by Gasteiger charge is 2.18. The highest BCUT2D eigenvalue weighted by Crippen LogP contribution is 2.09. The van der Waals surface area contributed by atoms with Gasteiger partial charge in [0, 0.05) is 12.6 Å². The second-order valence-corrected chi connectivity index (χ2v) is 4.28. The summed E-state index contributed by atoms with van der Waals surface area (Å²) in [5.74, 6) is 3.38. The van der Waals surface area contributed by atoms with E-state index in [0.717, 1.165) is 26.2 Å². The second-order valence-electron chi connectivity index (χ2n) is 4.28. The molecule has 0 radical (unpaired) electrons. The zero-order chi connectivity index (χ0) is 11.7. The van der Waals surface area contributed by atoms with Crippen molar-refractivity contribution in [2.24, 2.45) is 5.92 Å². The fourth-order valence-corrected chi connectivity index (χ4v) is 1.79. The number of hydrogen-bond donors (Lipinski definition) is 1. The van der Waals surface area contributed by atoms with Crippen molar-refractivity contribution in [1.82, 2.24) is 10.2 Å². The third kappa shape index (κ3) is 5.81. The SMILES string of the molecule is C#CCN(CC)C(CNCCC)C(C)C. The average Bonchev–Trinajstić information content (AvgIpc) is 2.21. The van der Waals surface area contributed by atoms with Crippen LogP contribution in [0.2, 0.25) is 0 Å². The van der Waals surface area contributed by atoms with E-state index in [1.165, 1.54) is 6.42 Å². The van der Waals surface area contributed by atoms with E-state index in [1.54, 1.807) is 0 Å². The van der Waals surface area contributed by atoms with Gasteiger partial charge in [0.1, 0.15) is 0 Å². The minimum Gasteiger partial charge on any atom is -0.315 e. The van der Waals surface area contributed by atoms with Gasteiger partial charge in [-0.25, -0.2) is 0 Å². The molecule has 2 heteroatoms. The lowest BCUT2D eigenvalue weighted by molar-refractivity contribution is 0.178. The summed E-state index contributed by atoms with van der Waals surface area (Å²) >= 11 is 0. The van der Waals surface area contributed by atoms with Crippen molar-refractivity contribution in [1.29, 1.82) is 0 Å². The molecular formula is C13H26N2. The largest absolute Gasteiger partial charge is 0.315 e. The Hall–Kier alpha value is -0.520. The molecule has 0 saturated heterocycles. The Balaban J connectivity index is 4.16. The molecule has 0 amide bonds. The summed E-state index contributed by atoms with van der Waals surface area (Å²) in [5.41, 5.74) is 0. The summed E-state index contributed by atoms with van der Waals surface area (Å²) < 4.78 is 0. The van der Waals surface area contributed by atoms with E-state index in [-0.39, 0.29) is 0 Å². The quantitative estimate of drug-likeness (QED) is 0.487. The lowest BCUT2D eigenvalue weighted by Crippen LogP contribution is -2.45. The maximum atomic E-state index is 5.39. The van der Waals surface area contributed by atoms with E-state index in [1.807, 2.05) is 0 Å². The van der Waals surface area contributed by atoms with Crippen molar-refractivity contribution in [2.75, 3.05) is 26.2 Å². The van der Waals surface area contributed by atoms with Crippen molar-refractivity contribution in [3.8, 4) is 12.3 Å². The third-order valence-electron chi connectivity index (χ3n) is 2.72. The van der Waals surface area contributed by atoms with Gasteiger partial charge in [-0.05, 0) is 25.4 Å². The summed E-state index contributed by atoms with van der Waals surface area (Å²) in [6.07, 6.45) is 6.57. The third-order valence-corrected chi connectivity index (χ3v) is 2.72. The molecule has 1 N–H and O–H groups in total. The van der Waals surface area contributed by atoms with Crippen LogP contribution in [-0.2, 0) is 0 Å². The summed E-state index contributed by atoms with van der Waals surface area (Å²) in [6.45, 7) is 12.8. The van der Waals surface area contributed by atoms with Crippen LogP contribution in [-0.4, -0.2) is 37.1 Å². The number of hydrogen-bond acceptors (Lipinski definition) is 2. The molecule has 0 spiro atoms. The van der Waals surface area contributed by atoms with Gasteiger partial charge < -0.3 is 5.32 Å². The summed E-state index contributed by atoms with van der Waals surface area (Å²) in [5, 5.41) is 3.48. The number of nitrogens with zero attached hydrogens (tertiary/aromatic N) is 1. The standard InChI is InChI=1S/C13H26N2/c1-6-9-14-11-13(12(4)5)15(8-3)10-7-2/h2,12-14H,6,8-11H2,1,3-5H3. The highest BCUT2D eigenvalue weighted by atomic mass is 15.2. The van der Waals surface area contributed by atoms with Gasteiger partial charge in [-0.15, -0.1) is 6.42 Å². The van der Waals surface area contributed by atoms with Crippen LogP contribution in [0.3, 0.4) is 0 Å². The molecule has 0 bridgehead atoms. The molecule has 0 fully saturated rings. The molecule has 0 aromatic rings. The fourth-order valence-electron chi connectivity index (χ4n) is 1.79. The zero-order valence-electron chi connectivity index (χ0n) is 10.7. The molecule has 0 aliphatic rings. The molecule has 0 aromatic heterocycles. The molecule has 88 valence electrons. The van der Waals surface area contributed by atoms with E-state index in [2.05, 4.69) is 43.8 Å². The Bertz CT molecular complexity index is 181. The predicted molar refractivity (Wildman–Crippen MR) is 67.9 cm³/mol. The Morgan fingerprint density at radius 2 is 2.00 bits per heavy atom. The Morgan fingerprint density at radius 1 is 1.33 bits per heavy atom. The van der Waals surface area contributed by atoms with Gasteiger partial charge in [0.25, 0.3) is 0 Å². The number of terminal acetylenes is 1. The highest BCUT2D eigenvalue weighted by molar-refractivity contribution is 4.91. The lowest BCUT2D eigenvalue weighted by Gasteiger charge is -2.32.